The number of hydrogen-bond acceptors (Lipinski definition) is 2. The third-order valence-electron chi connectivity index (χ3n) is 3.58. The first kappa shape index (κ1) is 19.9. The molecule has 0 unspecified atom stereocenters. The molecule has 0 aromatic heterocycles. The SMILES string of the molecule is CCCCC/C=C/CC(=O)CCCCCCCCC(=O)O. The van der Waals surface area contributed by atoms with E-state index in [-0.39, 0.29) is 6.42 Å². The standard InChI is InChI=1S/C18H32O3/c1-2-3-4-5-8-11-14-17(19)15-12-9-6-7-10-13-16-18(20)21/h8,11H,2-7,9-10,12-16H2,1H3,(H,20,21)/b11-8+. The molecule has 0 aliphatic carbocycles. The van der Waals surface area contributed by atoms with E-state index in [9.17, 15) is 9.59 Å². The van der Waals surface area contributed by atoms with Gasteiger partial charge in [-0.25, -0.2) is 0 Å². The monoisotopic (exact) mass is 296 g/mol. The summed E-state index contributed by atoms with van der Waals surface area (Å²) in [7, 11) is 0. The Labute approximate surface area is 129 Å². The highest BCUT2D eigenvalue weighted by Crippen LogP contribution is 2.09. The molecule has 0 saturated carbocycles. The minimum atomic E-state index is -0.705. The molecular weight excluding hydrogens is 264 g/mol. The molecule has 0 heterocycles. The molecule has 3 nitrogen and oxygen atoms in total. The van der Waals surface area contributed by atoms with E-state index in [1.807, 2.05) is 6.08 Å². The van der Waals surface area contributed by atoms with E-state index < -0.39 is 5.97 Å². The van der Waals surface area contributed by atoms with Crippen LogP contribution < -0.4 is 0 Å². The van der Waals surface area contributed by atoms with Crippen molar-refractivity contribution in [3.05, 3.63) is 12.2 Å². The molecule has 1 N–H and O–H groups in total. The third-order valence-corrected chi connectivity index (χ3v) is 3.58. The van der Waals surface area contributed by atoms with Gasteiger partial charge in [0, 0.05) is 19.3 Å². The number of aliphatic carboxylic acids is 1. The van der Waals surface area contributed by atoms with Gasteiger partial charge in [-0.2, -0.15) is 0 Å². The number of carboxylic acid groups (broad SMARTS) is 1. The van der Waals surface area contributed by atoms with Crippen LogP contribution in [0.5, 0.6) is 0 Å². The van der Waals surface area contributed by atoms with Crippen molar-refractivity contribution in [2.24, 2.45) is 0 Å². The van der Waals surface area contributed by atoms with Crippen molar-refractivity contribution < 1.29 is 14.7 Å². The van der Waals surface area contributed by atoms with Gasteiger partial charge in [0.05, 0.1) is 0 Å². The van der Waals surface area contributed by atoms with Crippen LogP contribution in [-0.2, 0) is 9.59 Å². The van der Waals surface area contributed by atoms with Crippen LogP contribution in [0.4, 0.5) is 0 Å². The van der Waals surface area contributed by atoms with Gasteiger partial charge >= 0.3 is 5.97 Å². The Balaban J connectivity index is 3.28. The number of carbonyl (C=O) groups is 2. The number of unbranched alkanes of at least 4 members (excludes halogenated alkanes) is 8. The second-order valence-electron chi connectivity index (χ2n) is 5.73. The topological polar surface area (TPSA) is 54.4 Å². The summed E-state index contributed by atoms with van der Waals surface area (Å²) in [5.74, 6) is -0.365. The molecular formula is C18H32O3. The van der Waals surface area contributed by atoms with Crippen molar-refractivity contribution in [2.45, 2.75) is 90.4 Å². The van der Waals surface area contributed by atoms with Gasteiger partial charge in [-0.05, 0) is 25.7 Å². The maximum Gasteiger partial charge on any atom is 0.303 e. The van der Waals surface area contributed by atoms with E-state index in [4.69, 9.17) is 5.11 Å². The largest absolute Gasteiger partial charge is 0.481 e. The minimum absolute atomic E-state index is 0.281. The molecule has 3 heteroatoms. The Morgan fingerprint density at radius 3 is 2.05 bits per heavy atom. The van der Waals surface area contributed by atoms with Gasteiger partial charge < -0.3 is 5.11 Å². The summed E-state index contributed by atoms with van der Waals surface area (Å²) in [5, 5.41) is 8.50. The van der Waals surface area contributed by atoms with Crippen LogP contribution in [0.3, 0.4) is 0 Å². The van der Waals surface area contributed by atoms with Gasteiger partial charge in [0.1, 0.15) is 5.78 Å². The third kappa shape index (κ3) is 16.8. The number of hydrogen-bond donors (Lipinski definition) is 1. The van der Waals surface area contributed by atoms with Crippen LogP contribution in [-0.4, -0.2) is 16.9 Å². The maximum atomic E-state index is 11.6. The van der Waals surface area contributed by atoms with Gasteiger partial charge in [0.25, 0.3) is 0 Å². The van der Waals surface area contributed by atoms with Crippen molar-refractivity contribution in [3.8, 4) is 0 Å². The highest BCUT2D eigenvalue weighted by Gasteiger charge is 2.00. The van der Waals surface area contributed by atoms with Gasteiger partial charge in [-0.15, -0.1) is 0 Å². The number of rotatable bonds is 15. The highest BCUT2D eigenvalue weighted by atomic mass is 16.4. The second kappa shape index (κ2) is 15.3. The van der Waals surface area contributed by atoms with Crippen molar-refractivity contribution in [2.75, 3.05) is 0 Å². The van der Waals surface area contributed by atoms with Gasteiger partial charge in [0.15, 0.2) is 0 Å². The highest BCUT2D eigenvalue weighted by molar-refractivity contribution is 5.79. The van der Waals surface area contributed by atoms with Crippen LogP contribution in [0.1, 0.15) is 90.4 Å². The molecule has 0 aliphatic rings. The van der Waals surface area contributed by atoms with Crippen molar-refractivity contribution in [3.63, 3.8) is 0 Å². The number of Topliss-reactive ketones (excluding diaryl/α,β-unsaturated/α-hetero) is 1. The normalized spacial score (nSPS) is 11.1. The molecule has 21 heavy (non-hydrogen) atoms. The molecule has 0 spiro atoms. The van der Waals surface area contributed by atoms with Crippen molar-refractivity contribution >= 4 is 11.8 Å². The van der Waals surface area contributed by atoms with Gasteiger partial charge in [-0.1, -0.05) is 57.6 Å². The lowest BCUT2D eigenvalue weighted by Crippen LogP contribution is -1.96. The first-order chi connectivity index (χ1) is 10.2. The zero-order valence-electron chi connectivity index (χ0n) is 13.6. The lowest BCUT2D eigenvalue weighted by Gasteiger charge is -2.00. The zero-order chi connectivity index (χ0) is 15.8. The smallest absolute Gasteiger partial charge is 0.303 e. The summed E-state index contributed by atoms with van der Waals surface area (Å²) in [6, 6.07) is 0. The first-order valence-electron chi connectivity index (χ1n) is 8.55. The number of allylic oxidation sites excluding steroid dienone is 2. The molecule has 0 aromatic carbocycles. The van der Waals surface area contributed by atoms with E-state index in [1.165, 1.54) is 19.3 Å². The Morgan fingerprint density at radius 1 is 0.810 bits per heavy atom. The number of ketones is 1. The second-order valence-corrected chi connectivity index (χ2v) is 5.73. The van der Waals surface area contributed by atoms with Crippen molar-refractivity contribution in [1.29, 1.82) is 0 Å². The summed E-state index contributed by atoms with van der Waals surface area (Å²) in [4.78, 5) is 22.0. The fraction of sp³-hybridized carbons (Fsp3) is 0.778. The van der Waals surface area contributed by atoms with Crippen LogP contribution in [0.15, 0.2) is 12.2 Å². The van der Waals surface area contributed by atoms with Crippen LogP contribution in [0, 0.1) is 0 Å². The van der Waals surface area contributed by atoms with E-state index in [2.05, 4.69) is 13.0 Å². The molecule has 0 amide bonds. The molecule has 0 fully saturated rings. The Hall–Kier alpha value is -1.12. The quantitative estimate of drug-likeness (QED) is 0.330. The molecule has 0 radical (unpaired) electrons. The first-order valence-corrected chi connectivity index (χ1v) is 8.55. The molecule has 0 rings (SSSR count). The van der Waals surface area contributed by atoms with E-state index in [0.29, 0.717) is 18.6 Å². The van der Waals surface area contributed by atoms with E-state index >= 15 is 0 Å². The van der Waals surface area contributed by atoms with Crippen LogP contribution in [0.2, 0.25) is 0 Å². The summed E-state index contributed by atoms with van der Waals surface area (Å²) >= 11 is 0. The maximum absolute atomic E-state index is 11.6. The molecule has 0 atom stereocenters. The van der Waals surface area contributed by atoms with E-state index in [1.54, 1.807) is 0 Å². The Morgan fingerprint density at radius 2 is 1.43 bits per heavy atom. The lowest BCUT2D eigenvalue weighted by molar-refractivity contribution is -0.137. The summed E-state index contributed by atoms with van der Waals surface area (Å²) in [5.41, 5.74) is 0. The molecule has 0 bridgehead atoms. The number of carbonyl (C=O) groups excluding carboxylic acids is 1. The fourth-order valence-electron chi connectivity index (χ4n) is 2.25. The molecule has 0 aliphatic heterocycles. The zero-order valence-corrected chi connectivity index (χ0v) is 13.6. The molecule has 0 aromatic rings. The molecule has 0 saturated heterocycles. The summed E-state index contributed by atoms with van der Waals surface area (Å²) in [6.07, 6.45) is 16.5. The summed E-state index contributed by atoms with van der Waals surface area (Å²) < 4.78 is 0. The predicted octanol–water partition coefficient (Wildman–Crippen LogP) is 5.29. The minimum Gasteiger partial charge on any atom is -0.481 e. The Bertz CT molecular complexity index is 295. The lowest BCUT2D eigenvalue weighted by atomic mass is 10.1. The fourth-order valence-corrected chi connectivity index (χ4v) is 2.25. The Kier molecular flexibility index (Phi) is 14.5. The number of carboxylic acids is 1. The van der Waals surface area contributed by atoms with E-state index in [0.717, 1.165) is 44.9 Å². The van der Waals surface area contributed by atoms with Crippen molar-refractivity contribution in [1.82, 2.24) is 0 Å². The predicted molar refractivity (Wildman–Crippen MR) is 87.5 cm³/mol. The average molecular weight is 296 g/mol. The summed E-state index contributed by atoms with van der Waals surface area (Å²) in [6.45, 7) is 2.19. The average Bonchev–Trinajstić information content (AvgIpc) is 2.45. The molecule has 122 valence electrons. The van der Waals surface area contributed by atoms with Crippen LogP contribution >= 0.6 is 0 Å². The van der Waals surface area contributed by atoms with Crippen LogP contribution in [0.25, 0.3) is 0 Å². The van der Waals surface area contributed by atoms with Gasteiger partial charge in [-0.3, -0.25) is 9.59 Å². The van der Waals surface area contributed by atoms with Gasteiger partial charge in [0.2, 0.25) is 0 Å².